The maximum absolute atomic E-state index is 5.62. The molecule has 0 bridgehead atoms. The fraction of sp³-hybridized carbons (Fsp3) is 0.667. The summed E-state index contributed by atoms with van der Waals surface area (Å²) in [4.78, 5) is 8.06. The highest BCUT2D eigenvalue weighted by Crippen LogP contribution is 2.27. The van der Waals surface area contributed by atoms with Crippen LogP contribution in [0.1, 0.15) is 39.0 Å². The van der Waals surface area contributed by atoms with Crippen LogP contribution in [0.25, 0.3) is 0 Å². The van der Waals surface area contributed by atoms with Gasteiger partial charge in [-0.3, -0.25) is 0 Å². The van der Waals surface area contributed by atoms with Crippen LogP contribution in [0.4, 0.5) is 11.6 Å². The fourth-order valence-corrected chi connectivity index (χ4v) is 2.44. The van der Waals surface area contributed by atoms with Crippen molar-refractivity contribution >= 4 is 11.6 Å². The number of anilines is 2. The minimum Gasteiger partial charge on any atom is -0.384 e. The number of hydrogen-bond acceptors (Lipinski definition) is 4. The van der Waals surface area contributed by atoms with E-state index >= 15 is 0 Å². The molecular formula is C12H20N4. The predicted octanol–water partition coefficient (Wildman–Crippen LogP) is 2.44. The molecule has 2 rings (SSSR count). The molecule has 1 aliphatic rings. The molecule has 0 amide bonds. The zero-order valence-corrected chi connectivity index (χ0v) is 9.82. The van der Waals surface area contributed by atoms with Crippen molar-refractivity contribution in [3.8, 4) is 0 Å². The van der Waals surface area contributed by atoms with Gasteiger partial charge in [-0.15, -0.1) is 0 Å². The van der Waals surface area contributed by atoms with E-state index in [0.29, 0.717) is 11.9 Å². The lowest BCUT2D eigenvalue weighted by atomic mass is 9.84. The third-order valence-corrected chi connectivity index (χ3v) is 3.42. The van der Waals surface area contributed by atoms with Gasteiger partial charge in [0.25, 0.3) is 0 Å². The molecule has 0 aromatic carbocycles. The normalized spacial score (nSPS) is 19.3. The van der Waals surface area contributed by atoms with E-state index in [2.05, 4.69) is 22.2 Å². The molecule has 88 valence electrons. The number of hydrogen-bond donors (Lipinski definition) is 2. The third kappa shape index (κ3) is 2.84. The number of nitrogen functional groups attached to an aromatic ring is 1. The molecule has 0 spiro atoms. The van der Waals surface area contributed by atoms with Crippen molar-refractivity contribution in [2.75, 3.05) is 11.1 Å². The van der Waals surface area contributed by atoms with E-state index in [1.165, 1.54) is 38.4 Å². The zero-order chi connectivity index (χ0) is 11.4. The van der Waals surface area contributed by atoms with E-state index in [1.807, 2.05) is 0 Å². The number of rotatable bonds is 3. The Morgan fingerprint density at radius 3 is 2.75 bits per heavy atom. The molecule has 1 heterocycles. The number of nitrogens with zero attached hydrogens (tertiary/aromatic N) is 2. The van der Waals surface area contributed by atoms with Gasteiger partial charge in [0.2, 0.25) is 0 Å². The molecule has 16 heavy (non-hydrogen) atoms. The Balaban J connectivity index is 1.93. The monoisotopic (exact) mass is 220 g/mol. The minimum absolute atomic E-state index is 0.467. The van der Waals surface area contributed by atoms with E-state index in [4.69, 9.17) is 5.73 Å². The lowest BCUT2D eigenvalue weighted by Gasteiger charge is -2.28. The van der Waals surface area contributed by atoms with Crippen LogP contribution in [0.15, 0.2) is 12.4 Å². The van der Waals surface area contributed by atoms with E-state index in [0.717, 1.165) is 11.7 Å². The van der Waals surface area contributed by atoms with Crippen LogP contribution >= 0.6 is 0 Å². The van der Waals surface area contributed by atoms with Crippen LogP contribution in [0.2, 0.25) is 0 Å². The largest absolute Gasteiger partial charge is 0.384 e. The Kier molecular flexibility index (Phi) is 3.59. The van der Waals surface area contributed by atoms with E-state index in [-0.39, 0.29) is 0 Å². The summed E-state index contributed by atoms with van der Waals surface area (Å²) in [5, 5.41) is 3.42. The van der Waals surface area contributed by atoms with Crippen LogP contribution in [0, 0.1) is 5.92 Å². The first-order valence-electron chi connectivity index (χ1n) is 6.10. The highest BCUT2D eigenvalue weighted by Gasteiger charge is 2.19. The lowest BCUT2D eigenvalue weighted by molar-refractivity contribution is 0.328. The topological polar surface area (TPSA) is 63.8 Å². The lowest BCUT2D eigenvalue weighted by Crippen LogP contribution is -2.28. The highest BCUT2D eigenvalue weighted by molar-refractivity contribution is 5.43. The molecule has 1 aliphatic carbocycles. The summed E-state index contributed by atoms with van der Waals surface area (Å²) in [7, 11) is 0. The second-order valence-corrected chi connectivity index (χ2v) is 4.66. The van der Waals surface area contributed by atoms with Gasteiger partial charge in [0.05, 0.1) is 0 Å². The second kappa shape index (κ2) is 5.14. The minimum atomic E-state index is 0.467. The Hall–Kier alpha value is -1.32. The SMILES string of the molecule is CC(Nc1cc(N)ncn1)C1CCCCC1. The molecule has 1 aromatic rings. The van der Waals surface area contributed by atoms with Crippen LogP contribution < -0.4 is 11.1 Å². The van der Waals surface area contributed by atoms with Crippen LogP contribution in [0.5, 0.6) is 0 Å². The summed E-state index contributed by atoms with van der Waals surface area (Å²) in [5.41, 5.74) is 5.62. The molecule has 1 atom stereocenters. The van der Waals surface area contributed by atoms with Gasteiger partial charge in [0, 0.05) is 12.1 Å². The van der Waals surface area contributed by atoms with Gasteiger partial charge >= 0.3 is 0 Å². The maximum Gasteiger partial charge on any atom is 0.131 e. The Morgan fingerprint density at radius 1 is 1.31 bits per heavy atom. The highest BCUT2D eigenvalue weighted by atomic mass is 15.0. The van der Waals surface area contributed by atoms with Crippen LogP contribution in [-0.2, 0) is 0 Å². The van der Waals surface area contributed by atoms with Crippen molar-refractivity contribution in [1.82, 2.24) is 9.97 Å². The zero-order valence-electron chi connectivity index (χ0n) is 9.82. The van der Waals surface area contributed by atoms with Crippen molar-refractivity contribution in [1.29, 1.82) is 0 Å². The molecule has 4 heteroatoms. The fourth-order valence-electron chi connectivity index (χ4n) is 2.44. The van der Waals surface area contributed by atoms with E-state index < -0.39 is 0 Å². The van der Waals surface area contributed by atoms with E-state index in [1.54, 1.807) is 6.07 Å². The molecule has 3 N–H and O–H groups in total. The molecule has 4 nitrogen and oxygen atoms in total. The number of nitrogens with one attached hydrogen (secondary N) is 1. The van der Waals surface area contributed by atoms with Gasteiger partial charge in [-0.25, -0.2) is 9.97 Å². The summed E-state index contributed by atoms with van der Waals surface area (Å²) in [6, 6.07) is 2.26. The first-order chi connectivity index (χ1) is 7.75. The third-order valence-electron chi connectivity index (χ3n) is 3.42. The molecule has 0 radical (unpaired) electrons. The average molecular weight is 220 g/mol. The van der Waals surface area contributed by atoms with Gasteiger partial charge in [-0.1, -0.05) is 19.3 Å². The van der Waals surface area contributed by atoms with Crippen molar-refractivity contribution < 1.29 is 0 Å². The molecule has 1 saturated carbocycles. The molecule has 1 unspecified atom stereocenters. The second-order valence-electron chi connectivity index (χ2n) is 4.66. The summed E-state index contributed by atoms with van der Waals surface area (Å²) >= 11 is 0. The van der Waals surface area contributed by atoms with Gasteiger partial charge in [-0.2, -0.15) is 0 Å². The van der Waals surface area contributed by atoms with Crippen molar-refractivity contribution in [3.63, 3.8) is 0 Å². The van der Waals surface area contributed by atoms with Gasteiger partial charge < -0.3 is 11.1 Å². The molecule has 1 fully saturated rings. The summed E-state index contributed by atoms with van der Waals surface area (Å²) in [6.07, 6.45) is 8.28. The van der Waals surface area contributed by atoms with Gasteiger partial charge in [0.1, 0.15) is 18.0 Å². The summed E-state index contributed by atoms with van der Waals surface area (Å²) < 4.78 is 0. The van der Waals surface area contributed by atoms with Crippen molar-refractivity contribution in [2.24, 2.45) is 5.92 Å². The predicted molar refractivity (Wildman–Crippen MR) is 66.1 cm³/mol. The first kappa shape index (κ1) is 11.2. The summed E-state index contributed by atoms with van der Waals surface area (Å²) in [6.45, 7) is 2.23. The van der Waals surface area contributed by atoms with Crippen LogP contribution in [0.3, 0.4) is 0 Å². The number of nitrogens with two attached hydrogens (primary N) is 1. The first-order valence-corrected chi connectivity index (χ1v) is 6.10. The van der Waals surface area contributed by atoms with Gasteiger partial charge in [-0.05, 0) is 25.7 Å². The van der Waals surface area contributed by atoms with E-state index in [9.17, 15) is 0 Å². The number of aromatic nitrogens is 2. The summed E-state index contributed by atoms with van der Waals surface area (Å²) in [5.74, 6) is 2.13. The molecule has 1 aromatic heterocycles. The van der Waals surface area contributed by atoms with Gasteiger partial charge in [0.15, 0.2) is 0 Å². The molecule has 0 saturated heterocycles. The molecular weight excluding hydrogens is 200 g/mol. The quantitative estimate of drug-likeness (QED) is 0.821. The standard InChI is InChI=1S/C12H20N4/c1-9(10-5-3-2-4-6-10)16-12-7-11(13)14-8-15-12/h7-10H,2-6H2,1H3,(H3,13,14,15,16). The average Bonchev–Trinajstić information content (AvgIpc) is 2.30. The maximum atomic E-state index is 5.62. The smallest absolute Gasteiger partial charge is 0.131 e. The van der Waals surface area contributed by atoms with Crippen molar-refractivity contribution in [3.05, 3.63) is 12.4 Å². The van der Waals surface area contributed by atoms with Crippen molar-refractivity contribution in [2.45, 2.75) is 45.1 Å². The van der Waals surface area contributed by atoms with Crippen LogP contribution in [-0.4, -0.2) is 16.0 Å². The Bertz CT molecular complexity index is 334. The Labute approximate surface area is 96.7 Å². The molecule has 0 aliphatic heterocycles. The Morgan fingerprint density at radius 2 is 2.06 bits per heavy atom.